The van der Waals surface area contributed by atoms with Crippen LogP contribution >= 0.6 is 0 Å². The summed E-state index contributed by atoms with van der Waals surface area (Å²) in [5, 5.41) is 1.37. The number of benzene rings is 2. The fraction of sp³-hybridized carbons (Fsp3) is 0.278. The molecule has 0 spiro atoms. The Labute approximate surface area is 118 Å². The molecule has 0 saturated carbocycles. The Morgan fingerprint density at radius 1 is 1.00 bits per heavy atom. The van der Waals surface area contributed by atoms with Crippen LogP contribution in [0.2, 0.25) is 0 Å². The molecule has 1 heterocycles. The summed E-state index contributed by atoms with van der Waals surface area (Å²) in [7, 11) is 0. The van der Waals surface area contributed by atoms with E-state index in [-0.39, 0.29) is 5.43 Å². The average Bonchev–Trinajstić information content (AvgIpc) is 2.46. The van der Waals surface area contributed by atoms with Gasteiger partial charge in [-0.2, -0.15) is 0 Å². The van der Waals surface area contributed by atoms with Crippen molar-refractivity contribution in [3.05, 3.63) is 56.7 Å². The van der Waals surface area contributed by atoms with Crippen molar-refractivity contribution >= 4 is 21.9 Å². The third-order valence-corrected chi connectivity index (χ3v) is 4.27. The molecule has 0 unspecified atom stereocenters. The second-order valence-electron chi connectivity index (χ2n) is 5.40. The van der Waals surface area contributed by atoms with Gasteiger partial charge in [-0.05, 0) is 61.6 Å². The van der Waals surface area contributed by atoms with Crippen molar-refractivity contribution in [1.29, 1.82) is 0 Å². The summed E-state index contributed by atoms with van der Waals surface area (Å²) in [6, 6.07) is 7.75. The van der Waals surface area contributed by atoms with Crippen molar-refractivity contribution in [2.75, 3.05) is 0 Å². The van der Waals surface area contributed by atoms with E-state index in [0.29, 0.717) is 10.8 Å². The molecule has 0 fully saturated rings. The van der Waals surface area contributed by atoms with Crippen LogP contribution in [0.4, 0.5) is 0 Å². The van der Waals surface area contributed by atoms with Crippen LogP contribution in [0.5, 0.6) is 0 Å². The maximum absolute atomic E-state index is 12.7. The second-order valence-corrected chi connectivity index (χ2v) is 5.40. The van der Waals surface area contributed by atoms with E-state index in [9.17, 15) is 4.79 Å². The normalized spacial score (nSPS) is 11.4. The molecule has 3 rings (SSSR count). The number of aryl methyl sites for hydroxylation is 3. The first-order chi connectivity index (χ1) is 9.54. The van der Waals surface area contributed by atoms with Crippen LogP contribution in [0.15, 0.2) is 33.5 Å². The van der Waals surface area contributed by atoms with Crippen LogP contribution in [-0.4, -0.2) is 0 Å². The molecule has 0 aliphatic carbocycles. The van der Waals surface area contributed by atoms with Gasteiger partial charge in [-0.15, -0.1) is 0 Å². The monoisotopic (exact) mass is 266 g/mol. The van der Waals surface area contributed by atoms with Crippen LogP contribution in [0.1, 0.15) is 29.2 Å². The predicted octanol–water partition coefficient (Wildman–Crippen LogP) is 4.43. The van der Waals surface area contributed by atoms with Gasteiger partial charge in [0.1, 0.15) is 11.2 Å². The smallest absolute Gasteiger partial charge is 0.200 e. The lowest BCUT2D eigenvalue weighted by Crippen LogP contribution is -2.05. The lowest BCUT2D eigenvalue weighted by Gasteiger charge is -2.10. The molecule has 102 valence electrons. The largest absolute Gasteiger partial charge is 0.455 e. The van der Waals surface area contributed by atoms with E-state index in [2.05, 4.69) is 13.8 Å². The average molecular weight is 266 g/mol. The lowest BCUT2D eigenvalue weighted by atomic mass is 9.99. The van der Waals surface area contributed by atoms with Crippen LogP contribution in [0, 0.1) is 20.8 Å². The van der Waals surface area contributed by atoms with Crippen LogP contribution in [0.25, 0.3) is 21.9 Å². The molecule has 0 aliphatic heterocycles. The summed E-state index contributed by atoms with van der Waals surface area (Å²) in [6.07, 6.45) is 0.857. The number of rotatable bonds is 1. The van der Waals surface area contributed by atoms with Crippen molar-refractivity contribution in [2.24, 2.45) is 0 Å². The first-order valence-electron chi connectivity index (χ1n) is 6.99. The minimum absolute atomic E-state index is 0.0720. The lowest BCUT2D eigenvalue weighted by molar-refractivity contribution is 0.650. The van der Waals surface area contributed by atoms with E-state index in [4.69, 9.17) is 4.42 Å². The molecule has 3 aromatic rings. The molecule has 2 heteroatoms. The zero-order valence-corrected chi connectivity index (χ0v) is 12.3. The molecule has 0 atom stereocenters. The number of para-hydroxylation sites is 1. The van der Waals surface area contributed by atoms with E-state index in [1.807, 2.05) is 38.1 Å². The van der Waals surface area contributed by atoms with Gasteiger partial charge < -0.3 is 4.42 Å². The highest BCUT2D eigenvalue weighted by molar-refractivity contribution is 5.93. The van der Waals surface area contributed by atoms with E-state index < -0.39 is 0 Å². The van der Waals surface area contributed by atoms with Gasteiger partial charge in [0, 0.05) is 0 Å². The molecule has 1 aromatic heterocycles. The first-order valence-corrected chi connectivity index (χ1v) is 6.99. The maximum Gasteiger partial charge on any atom is 0.200 e. The van der Waals surface area contributed by atoms with Crippen molar-refractivity contribution in [2.45, 2.75) is 34.1 Å². The summed E-state index contributed by atoms with van der Waals surface area (Å²) in [5.74, 6) is 0. The van der Waals surface area contributed by atoms with Crippen LogP contribution < -0.4 is 5.43 Å². The fourth-order valence-electron chi connectivity index (χ4n) is 2.77. The Morgan fingerprint density at radius 3 is 2.45 bits per heavy atom. The highest BCUT2D eigenvalue weighted by Crippen LogP contribution is 2.27. The van der Waals surface area contributed by atoms with E-state index in [1.165, 1.54) is 5.56 Å². The van der Waals surface area contributed by atoms with Gasteiger partial charge in [0.2, 0.25) is 5.43 Å². The Hall–Kier alpha value is -2.09. The molecular formula is C18H18O2. The Morgan fingerprint density at radius 2 is 1.75 bits per heavy atom. The number of fused-ring (bicyclic) bond motifs is 2. The van der Waals surface area contributed by atoms with Crippen molar-refractivity contribution in [3.8, 4) is 0 Å². The predicted molar refractivity (Wildman–Crippen MR) is 83.6 cm³/mol. The SMILES string of the molecule is CCc1cccc2c(=O)c3cc(C)c(C)c(C)c3oc12. The quantitative estimate of drug-likeness (QED) is 0.610. The molecule has 20 heavy (non-hydrogen) atoms. The first kappa shape index (κ1) is 12.9. The molecule has 0 radical (unpaired) electrons. The molecule has 2 aromatic carbocycles. The van der Waals surface area contributed by atoms with Crippen molar-refractivity contribution in [1.82, 2.24) is 0 Å². The van der Waals surface area contributed by atoms with Gasteiger partial charge in [0.05, 0.1) is 10.8 Å². The number of hydrogen-bond acceptors (Lipinski definition) is 2. The van der Waals surface area contributed by atoms with Gasteiger partial charge in [-0.25, -0.2) is 0 Å². The minimum Gasteiger partial charge on any atom is -0.455 e. The molecule has 0 bridgehead atoms. The summed E-state index contributed by atoms with van der Waals surface area (Å²) >= 11 is 0. The zero-order valence-electron chi connectivity index (χ0n) is 12.3. The summed E-state index contributed by atoms with van der Waals surface area (Å²) in [4.78, 5) is 12.7. The minimum atomic E-state index is 0.0720. The fourth-order valence-corrected chi connectivity index (χ4v) is 2.77. The van der Waals surface area contributed by atoms with E-state index in [0.717, 1.165) is 34.3 Å². The molecule has 0 aliphatic rings. The number of hydrogen-bond donors (Lipinski definition) is 0. The Kier molecular flexibility index (Phi) is 2.89. The third kappa shape index (κ3) is 1.68. The maximum atomic E-state index is 12.7. The van der Waals surface area contributed by atoms with Crippen LogP contribution in [0.3, 0.4) is 0 Å². The second kappa shape index (κ2) is 4.48. The van der Waals surface area contributed by atoms with Gasteiger partial charge in [-0.3, -0.25) is 4.79 Å². The molecule has 0 saturated heterocycles. The zero-order chi connectivity index (χ0) is 14.4. The van der Waals surface area contributed by atoms with Gasteiger partial charge in [0.25, 0.3) is 0 Å². The highest BCUT2D eigenvalue weighted by Gasteiger charge is 2.14. The Balaban J connectivity index is 2.62. The summed E-state index contributed by atoms with van der Waals surface area (Å²) in [6.45, 7) is 8.20. The van der Waals surface area contributed by atoms with Crippen LogP contribution in [-0.2, 0) is 6.42 Å². The van der Waals surface area contributed by atoms with Crippen molar-refractivity contribution < 1.29 is 4.42 Å². The molecule has 0 N–H and O–H groups in total. The highest BCUT2D eigenvalue weighted by atomic mass is 16.3. The summed E-state index contributed by atoms with van der Waals surface area (Å²) in [5.41, 5.74) is 6.00. The molecular weight excluding hydrogens is 248 g/mol. The molecule has 0 amide bonds. The molecule has 2 nitrogen and oxygen atoms in total. The van der Waals surface area contributed by atoms with E-state index in [1.54, 1.807) is 0 Å². The topological polar surface area (TPSA) is 30.2 Å². The van der Waals surface area contributed by atoms with Gasteiger partial charge >= 0.3 is 0 Å². The van der Waals surface area contributed by atoms with E-state index >= 15 is 0 Å². The Bertz CT molecular complexity index is 885. The van der Waals surface area contributed by atoms with Gasteiger partial charge in [-0.1, -0.05) is 19.1 Å². The van der Waals surface area contributed by atoms with Crippen molar-refractivity contribution in [3.63, 3.8) is 0 Å². The summed E-state index contributed by atoms with van der Waals surface area (Å²) < 4.78 is 6.12. The van der Waals surface area contributed by atoms with Gasteiger partial charge in [0.15, 0.2) is 0 Å². The third-order valence-electron chi connectivity index (χ3n) is 4.27. The standard InChI is InChI=1S/C18H18O2/c1-5-13-7-6-8-14-16(19)15-9-10(2)11(3)12(4)17(15)20-18(13)14/h6-9H,5H2,1-4H3.